The second-order valence-corrected chi connectivity index (χ2v) is 4.92. The zero-order valence-corrected chi connectivity index (χ0v) is 10.5. The fourth-order valence-corrected chi connectivity index (χ4v) is 2.45. The predicted octanol–water partition coefficient (Wildman–Crippen LogP) is 2.18. The first kappa shape index (κ1) is 14.2. The molecule has 0 aromatic rings. The highest BCUT2D eigenvalue weighted by Crippen LogP contribution is 2.55. The van der Waals surface area contributed by atoms with Crippen LogP contribution in [0.25, 0.3) is 0 Å². The van der Waals surface area contributed by atoms with Crippen molar-refractivity contribution in [1.82, 2.24) is 4.90 Å². The van der Waals surface area contributed by atoms with E-state index in [0.29, 0.717) is 0 Å². The number of rotatable bonds is 6. The molecule has 0 N–H and O–H groups in total. The number of nitriles is 1. The summed E-state index contributed by atoms with van der Waals surface area (Å²) in [6.45, 7) is 3.89. The van der Waals surface area contributed by atoms with Crippen molar-refractivity contribution in [3.63, 3.8) is 0 Å². The summed E-state index contributed by atoms with van der Waals surface area (Å²) < 4.78 is 22.2. The van der Waals surface area contributed by atoms with Gasteiger partial charge >= 0.3 is 7.60 Å². The topological polar surface area (TPSA) is 62.6 Å². The van der Waals surface area contributed by atoms with Gasteiger partial charge in [-0.2, -0.15) is 5.26 Å². The van der Waals surface area contributed by atoms with E-state index in [-0.39, 0.29) is 18.5 Å². The molecule has 0 amide bonds. The van der Waals surface area contributed by atoms with Gasteiger partial charge in [0.25, 0.3) is 0 Å². The summed E-state index contributed by atoms with van der Waals surface area (Å²) in [5, 5.41) is 8.91. The molecule has 86 valence electrons. The van der Waals surface area contributed by atoms with Gasteiger partial charge in [-0.3, -0.25) is 4.57 Å². The van der Waals surface area contributed by atoms with E-state index in [1.165, 1.54) is 6.20 Å². The summed E-state index contributed by atoms with van der Waals surface area (Å²) >= 11 is 0. The maximum absolute atomic E-state index is 12.1. The molecule has 0 aliphatic rings. The first-order chi connectivity index (χ1) is 7.00. The lowest BCUT2D eigenvalue weighted by molar-refractivity contribution is 0.227. The Balaban J connectivity index is 5.05. The van der Waals surface area contributed by atoms with Crippen LogP contribution in [0.4, 0.5) is 0 Å². The van der Waals surface area contributed by atoms with Crippen molar-refractivity contribution < 1.29 is 13.6 Å². The smallest absolute Gasteiger partial charge is 0.373 e. The van der Waals surface area contributed by atoms with E-state index in [9.17, 15) is 4.57 Å². The molecule has 0 aromatic carbocycles. The average molecular weight is 232 g/mol. The van der Waals surface area contributed by atoms with E-state index < -0.39 is 7.60 Å². The van der Waals surface area contributed by atoms with E-state index in [4.69, 9.17) is 14.3 Å². The normalized spacial score (nSPS) is 12.3. The molecule has 0 spiro atoms. The van der Waals surface area contributed by atoms with Crippen LogP contribution < -0.4 is 0 Å². The highest BCUT2D eigenvalue weighted by Gasteiger charge is 2.30. The molecule has 0 fully saturated rings. The molecule has 0 aliphatic carbocycles. The van der Waals surface area contributed by atoms with Crippen LogP contribution in [0.15, 0.2) is 11.5 Å². The minimum atomic E-state index is -3.43. The Morgan fingerprint density at radius 2 is 1.87 bits per heavy atom. The first-order valence-corrected chi connectivity index (χ1v) is 6.22. The molecule has 5 nitrogen and oxygen atoms in total. The third-order valence-corrected chi connectivity index (χ3v) is 3.39. The van der Waals surface area contributed by atoms with Crippen molar-refractivity contribution in [3.05, 3.63) is 11.5 Å². The summed E-state index contributed by atoms with van der Waals surface area (Å²) in [5.74, 6) is 0. The fourth-order valence-electron chi connectivity index (χ4n) is 0.922. The Morgan fingerprint density at radius 3 is 2.13 bits per heavy atom. The lowest BCUT2D eigenvalue weighted by Gasteiger charge is -2.17. The summed E-state index contributed by atoms with van der Waals surface area (Å²) in [5.41, 5.74) is 0. The Bertz CT molecular complexity index is 297. The summed E-state index contributed by atoms with van der Waals surface area (Å²) in [7, 11) is 0.0463. The molecule has 0 unspecified atom stereocenters. The predicted molar refractivity (Wildman–Crippen MR) is 58.2 cm³/mol. The molecule has 0 heterocycles. The van der Waals surface area contributed by atoms with Gasteiger partial charge in [-0.15, -0.1) is 0 Å². The fraction of sp³-hybridized carbons (Fsp3) is 0.667. The van der Waals surface area contributed by atoms with Crippen LogP contribution >= 0.6 is 7.60 Å². The maximum Gasteiger partial charge on any atom is 0.373 e. The van der Waals surface area contributed by atoms with Crippen LogP contribution in [-0.4, -0.2) is 32.2 Å². The second-order valence-electron chi connectivity index (χ2n) is 2.92. The second kappa shape index (κ2) is 6.62. The molecule has 0 radical (unpaired) electrons. The van der Waals surface area contributed by atoms with Crippen molar-refractivity contribution in [3.8, 4) is 6.07 Å². The van der Waals surface area contributed by atoms with Gasteiger partial charge in [0.1, 0.15) is 6.07 Å². The molecule has 6 heteroatoms. The summed E-state index contributed by atoms with van der Waals surface area (Å²) in [6.07, 6.45) is 1.45. The molecule has 0 rings (SSSR count). The first-order valence-electron chi connectivity index (χ1n) is 4.68. The third-order valence-electron chi connectivity index (χ3n) is 1.39. The monoisotopic (exact) mass is 232 g/mol. The minimum Gasteiger partial charge on any atom is -0.382 e. The molecule has 0 aromatic heterocycles. The third kappa shape index (κ3) is 4.48. The van der Waals surface area contributed by atoms with Crippen LogP contribution in [-0.2, 0) is 13.6 Å². The van der Waals surface area contributed by atoms with E-state index in [2.05, 4.69) is 0 Å². The van der Waals surface area contributed by atoms with Gasteiger partial charge in [0.15, 0.2) is 5.31 Å². The maximum atomic E-state index is 12.1. The van der Waals surface area contributed by atoms with Crippen LogP contribution in [0.3, 0.4) is 0 Å². The van der Waals surface area contributed by atoms with Crippen molar-refractivity contribution in [1.29, 1.82) is 5.26 Å². The number of hydrogen-bond donors (Lipinski definition) is 0. The van der Waals surface area contributed by atoms with E-state index in [1.54, 1.807) is 32.8 Å². The summed E-state index contributed by atoms with van der Waals surface area (Å²) in [6, 6.07) is 1.85. The van der Waals surface area contributed by atoms with Gasteiger partial charge in [0, 0.05) is 20.3 Å². The Hall–Kier alpha value is -0.820. The SMILES string of the molecule is CCOP(=O)(OCC)/C(C#N)=C\N(C)C. The van der Waals surface area contributed by atoms with Crippen LogP contribution in [0.2, 0.25) is 0 Å². The minimum absolute atomic E-state index is 0.0243. The van der Waals surface area contributed by atoms with Gasteiger partial charge in [-0.05, 0) is 13.8 Å². The standard InChI is InChI=1S/C9H17N2O3P/c1-5-13-15(12,14-6-2)9(7-10)8-11(3)4/h8H,5-6H2,1-4H3/b9-8-. The Labute approximate surface area is 90.8 Å². The molecular formula is C9H17N2O3P. The van der Waals surface area contributed by atoms with Crippen LogP contribution in [0.5, 0.6) is 0 Å². The molecule has 15 heavy (non-hydrogen) atoms. The van der Waals surface area contributed by atoms with Crippen molar-refractivity contribution in [2.24, 2.45) is 0 Å². The number of hydrogen-bond acceptors (Lipinski definition) is 5. The average Bonchev–Trinajstić information content (AvgIpc) is 2.14. The highest BCUT2D eigenvalue weighted by atomic mass is 31.2. The largest absolute Gasteiger partial charge is 0.382 e. The lowest BCUT2D eigenvalue weighted by atomic mass is 10.6. The van der Waals surface area contributed by atoms with Crippen molar-refractivity contribution in [2.45, 2.75) is 13.8 Å². The van der Waals surface area contributed by atoms with Gasteiger partial charge in [-0.1, -0.05) is 0 Å². The van der Waals surface area contributed by atoms with Gasteiger partial charge in [0.2, 0.25) is 0 Å². The zero-order chi connectivity index (χ0) is 11.9. The van der Waals surface area contributed by atoms with Crippen LogP contribution in [0.1, 0.15) is 13.8 Å². The number of allylic oxidation sites excluding steroid dienone is 1. The van der Waals surface area contributed by atoms with E-state index >= 15 is 0 Å². The molecule has 0 saturated heterocycles. The molecular weight excluding hydrogens is 215 g/mol. The zero-order valence-electron chi connectivity index (χ0n) is 9.56. The Kier molecular flexibility index (Phi) is 6.26. The van der Waals surface area contributed by atoms with Gasteiger partial charge in [0.05, 0.1) is 13.2 Å². The summed E-state index contributed by atoms with van der Waals surface area (Å²) in [4.78, 5) is 1.63. The highest BCUT2D eigenvalue weighted by molar-refractivity contribution is 7.58. The van der Waals surface area contributed by atoms with Crippen LogP contribution in [0, 0.1) is 11.3 Å². The van der Waals surface area contributed by atoms with Gasteiger partial charge in [-0.25, -0.2) is 0 Å². The quantitative estimate of drug-likeness (QED) is 0.518. The van der Waals surface area contributed by atoms with Gasteiger partial charge < -0.3 is 13.9 Å². The lowest BCUT2D eigenvalue weighted by Crippen LogP contribution is -2.05. The Morgan fingerprint density at radius 1 is 1.40 bits per heavy atom. The molecule has 0 aliphatic heterocycles. The van der Waals surface area contributed by atoms with Crippen molar-refractivity contribution in [2.75, 3.05) is 27.3 Å². The molecule has 0 saturated carbocycles. The molecule has 0 atom stereocenters. The van der Waals surface area contributed by atoms with Crippen molar-refractivity contribution >= 4 is 7.60 Å². The van der Waals surface area contributed by atoms with E-state index in [1.807, 2.05) is 6.07 Å². The molecule has 0 bridgehead atoms. The van der Waals surface area contributed by atoms with E-state index in [0.717, 1.165) is 0 Å². The number of nitrogens with zero attached hydrogens (tertiary/aromatic N) is 2.